The van der Waals surface area contributed by atoms with Crippen LogP contribution < -0.4 is 5.48 Å². The molecule has 1 aromatic heterocycles. The summed E-state index contributed by atoms with van der Waals surface area (Å²) in [6.45, 7) is 4.06. The molecule has 2 heterocycles. The normalized spacial score (nSPS) is 21.1. The largest absolute Gasteiger partial charge is 0.461 e. The van der Waals surface area contributed by atoms with Crippen LogP contribution in [0.4, 0.5) is 0 Å². The molecule has 2 N–H and O–H groups in total. The number of aromatic amines is 1. The van der Waals surface area contributed by atoms with Gasteiger partial charge in [-0.2, -0.15) is 0 Å². The van der Waals surface area contributed by atoms with Gasteiger partial charge in [0.05, 0.1) is 6.61 Å². The third-order valence-corrected chi connectivity index (χ3v) is 3.56. The van der Waals surface area contributed by atoms with Crippen LogP contribution >= 0.6 is 0 Å². The Hall–Kier alpha value is -2.27. The summed E-state index contributed by atoms with van der Waals surface area (Å²) in [6.07, 6.45) is 4.43. The second-order valence-corrected chi connectivity index (χ2v) is 5.33. The molecule has 5 nitrogen and oxygen atoms in total. The molecule has 0 radical (unpaired) electrons. The highest BCUT2D eigenvalue weighted by Gasteiger charge is 2.33. The molecule has 0 saturated heterocycles. The molecule has 1 aromatic carbocycles. The minimum Gasteiger partial charge on any atom is -0.461 e. The first-order valence-corrected chi connectivity index (χ1v) is 7.00. The number of carbonyl (C=O) groups excluding carboxylic acids is 1. The van der Waals surface area contributed by atoms with E-state index in [1.807, 2.05) is 31.3 Å². The third-order valence-electron chi connectivity index (χ3n) is 3.56. The van der Waals surface area contributed by atoms with E-state index in [4.69, 9.17) is 9.57 Å². The molecular weight excluding hydrogens is 268 g/mol. The molecule has 2 aromatic rings. The van der Waals surface area contributed by atoms with Crippen molar-refractivity contribution < 1.29 is 14.4 Å². The van der Waals surface area contributed by atoms with Gasteiger partial charge in [0, 0.05) is 23.5 Å². The Kier molecular flexibility index (Phi) is 3.43. The fraction of sp³-hybridized carbons (Fsp3) is 0.312. The quantitative estimate of drug-likeness (QED) is 0.847. The number of benzene rings is 1. The average Bonchev–Trinajstić information content (AvgIpc) is 3.05. The maximum absolute atomic E-state index is 11.7. The Bertz CT molecular complexity index is 704. The molecule has 1 atom stereocenters. The lowest BCUT2D eigenvalue weighted by atomic mass is 9.95. The van der Waals surface area contributed by atoms with Gasteiger partial charge in [-0.1, -0.05) is 18.2 Å². The van der Waals surface area contributed by atoms with E-state index in [0.29, 0.717) is 18.7 Å². The second-order valence-electron chi connectivity index (χ2n) is 5.33. The van der Waals surface area contributed by atoms with Crippen LogP contribution in [0.15, 0.2) is 42.2 Å². The standard InChI is InChI=1S/C16H18N2O3/c1-3-20-15(19)14-9-16(2,21-18-14)8-11-10-17-13-7-5-4-6-12(11)13/h4-7,9-10,17-18H,3,8H2,1-2H3. The van der Waals surface area contributed by atoms with Crippen LogP contribution in [0.1, 0.15) is 19.4 Å². The number of esters is 1. The van der Waals surface area contributed by atoms with E-state index in [9.17, 15) is 4.79 Å². The molecule has 0 amide bonds. The Balaban J connectivity index is 1.83. The molecule has 21 heavy (non-hydrogen) atoms. The smallest absolute Gasteiger partial charge is 0.356 e. The lowest BCUT2D eigenvalue weighted by Gasteiger charge is -2.19. The molecule has 0 spiro atoms. The van der Waals surface area contributed by atoms with Crippen LogP contribution in [0.2, 0.25) is 0 Å². The number of aromatic nitrogens is 1. The number of hydroxylamine groups is 1. The number of hydrogen-bond donors (Lipinski definition) is 2. The van der Waals surface area contributed by atoms with Crippen LogP contribution in [0.25, 0.3) is 10.9 Å². The zero-order chi connectivity index (χ0) is 14.9. The van der Waals surface area contributed by atoms with E-state index in [0.717, 1.165) is 11.1 Å². The summed E-state index contributed by atoms with van der Waals surface area (Å²) in [7, 11) is 0. The topological polar surface area (TPSA) is 63.4 Å². The number of ether oxygens (including phenoxy) is 1. The highest BCUT2D eigenvalue weighted by molar-refractivity contribution is 5.88. The number of carbonyl (C=O) groups is 1. The third kappa shape index (κ3) is 2.64. The lowest BCUT2D eigenvalue weighted by Crippen LogP contribution is -2.28. The second kappa shape index (κ2) is 5.26. The van der Waals surface area contributed by atoms with E-state index in [1.54, 1.807) is 13.0 Å². The summed E-state index contributed by atoms with van der Waals surface area (Å²) in [5, 5.41) is 1.17. The molecule has 3 rings (SSSR count). The fourth-order valence-corrected chi connectivity index (χ4v) is 2.59. The predicted molar refractivity (Wildman–Crippen MR) is 79.3 cm³/mol. The van der Waals surface area contributed by atoms with Gasteiger partial charge in [0.1, 0.15) is 11.3 Å². The Morgan fingerprint density at radius 3 is 3.00 bits per heavy atom. The van der Waals surface area contributed by atoms with E-state index >= 15 is 0 Å². The van der Waals surface area contributed by atoms with Crippen LogP contribution in [0.5, 0.6) is 0 Å². The van der Waals surface area contributed by atoms with E-state index in [2.05, 4.69) is 16.5 Å². The van der Waals surface area contributed by atoms with Crippen molar-refractivity contribution in [2.45, 2.75) is 25.9 Å². The molecule has 110 valence electrons. The molecule has 1 unspecified atom stereocenters. The van der Waals surface area contributed by atoms with Crippen molar-refractivity contribution in [1.29, 1.82) is 0 Å². The molecular formula is C16H18N2O3. The molecule has 5 heteroatoms. The minimum absolute atomic E-state index is 0.344. The van der Waals surface area contributed by atoms with Crippen LogP contribution in [0.3, 0.4) is 0 Å². The first-order valence-electron chi connectivity index (χ1n) is 7.00. The van der Waals surface area contributed by atoms with Gasteiger partial charge >= 0.3 is 5.97 Å². The fourth-order valence-electron chi connectivity index (χ4n) is 2.59. The maximum Gasteiger partial charge on any atom is 0.356 e. The molecule has 1 aliphatic heterocycles. The SMILES string of the molecule is CCOC(=O)C1=CC(C)(Cc2c[nH]c3ccccc23)ON1. The van der Waals surface area contributed by atoms with Crippen molar-refractivity contribution in [3.05, 3.63) is 47.8 Å². The number of hydrogen-bond acceptors (Lipinski definition) is 4. The maximum atomic E-state index is 11.7. The average molecular weight is 286 g/mol. The molecule has 0 saturated carbocycles. The number of para-hydroxylation sites is 1. The van der Waals surface area contributed by atoms with Crippen molar-refractivity contribution in [2.75, 3.05) is 6.61 Å². The summed E-state index contributed by atoms with van der Waals surface area (Å²) in [5.41, 5.74) is 4.70. The first kappa shape index (κ1) is 13.7. The monoisotopic (exact) mass is 286 g/mol. The molecule has 0 aliphatic carbocycles. The van der Waals surface area contributed by atoms with Crippen LogP contribution in [-0.4, -0.2) is 23.2 Å². The van der Waals surface area contributed by atoms with Gasteiger partial charge in [0.15, 0.2) is 0 Å². The number of nitrogens with one attached hydrogen (secondary N) is 2. The lowest BCUT2D eigenvalue weighted by molar-refractivity contribution is -0.140. The van der Waals surface area contributed by atoms with Crippen LogP contribution in [0, 0.1) is 0 Å². The van der Waals surface area contributed by atoms with Gasteiger partial charge in [-0.3, -0.25) is 10.3 Å². The van der Waals surface area contributed by atoms with Crippen molar-refractivity contribution in [1.82, 2.24) is 10.5 Å². The van der Waals surface area contributed by atoms with E-state index in [-0.39, 0.29) is 5.97 Å². The summed E-state index contributed by atoms with van der Waals surface area (Å²) >= 11 is 0. The summed E-state index contributed by atoms with van der Waals surface area (Å²) in [5.74, 6) is -0.389. The van der Waals surface area contributed by atoms with E-state index < -0.39 is 5.60 Å². The highest BCUT2D eigenvalue weighted by atomic mass is 16.7. The van der Waals surface area contributed by atoms with Gasteiger partial charge in [0.2, 0.25) is 0 Å². The van der Waals surface area contributed by atoms with Gasteiger partial charge < -0.3 is 9.72 Å². The number of H-pyrrole nitrogens is 1. The predicted octanol–water partition coefficient (Wildman–Crippen LogP) is 2.45. The van der Waals surface area contributed by atoms with Gasteiger partial charge in [-0.25, -0.2) is 4.79 Å². The summed E-state index contributed by atoms with van der Waals surface area (Å²) in [4.78, 5) is 20.5. The zero-order valence-corrected chi connectivity index (χ0v) is 12.1. The Morgan fingerprint density at radius 2 is 2.19 bits per heavy atom. The van der Waals surface area contributed by atoms with Crippen molar-refractivity contribution in [3.8, 4) is 0 Å². The summed E-state index contributed by atoms with van der Waals surface area (Å²) in [6, 6.07) is 8.12. The Labute approximate surface area is 122 Å². The van der Waals surface area contributed by atoms with Crippen molar-refractivity contribution >= 4 is 16.9 Å². The van der Waals surface area contributed by atoms with E-state index in [1.165, 1.54) is 5.39 Å². The van der Waals surface area contributed by atoms with Gasteiger partial charge in [-0.15, -0.1) is 0 Å². The van der Waals surface area contributed by atoms with Crippen molar-refractivity contribution in [2.24, 2.45) is 0 Å². The Morgan fingerprint density at radius 1 is 1.38 bits per heavy atom. The zero-order valence-electron chi connectivity index (χ0n) is 12.1. The summed E-state index contributed by atoms with van der Waals surface area (Å²) < 4.78 is 4.97. The molecule has 0 fully saturated rings. The first-order chi connectivity index (χ1) is 10.1. The number of fused-ring (bicyclic) bond motifs is 1. The van der Waals surface area contributed by atoms with Crippen molar-refractivity contribution in [3.63, 3.8) is 0 Å². The van der Waals surface area contributed by atoms with Crippen LogP contribution in [-0.2, 0) is 20.8 Å². The molecule has 0 bridgehead atoms. The molecule has 1 aliphatic rings. The van der Waals surface area contributed by atoms with Gasteiger partial charge in [-0.05, 0) is 31.6 Å². The highest BCUT2D eigenvalue weighted by Crippen LogP contribution is 2.28. The number of rotatable bonds is 4. The van der Waals surface area contributed by atoms with Gasteiger partial charge in [0.25, 0.3) is 0 Å². The minimum atomic E-state index is -0.576.